The minimum atomic E-state index is -4.26. The number of hydrogen-bond donors (Lipinski definition) is 2. The fraction of sp³-hybridized carbons (Fsp3) is 0.294. The van der Waals surface area contributed by atoms with Gasteiger partial charge in [0.2, 0.25) is 0 Å². The van der Waals surface area contributed by atoms with Crippen molar-refractivity contribution in [2.45, 2.75) is 24.7 Å². The molecule has 3 nitrogen and oxygen atoms in total. The Morgan fingerprint density at radius 1 is 1.00 bits per heavy atom. The van der Waals surface area contributed by atoms with E-state index in [0.29, 0.717) is 21.2 Å². The standard InChI is InChI=1S/C17H16Cl2F3NO2/c18-13-6-3-11(9-14(13)19)15(23)16(24)10-1-4-12(5-2-10)25-8-7-17(20,21)22/h1-6,9,15-16,24H,7-8,23H2/t15-,16+/m0/s1. The quantitative estimate of drug-likeness (QED) is 0.721. The van der Waals surface area contributed by atoms with Gasteiger partial charge in [0.05, 0.1) is 35.2 Å². The number of aliphatic hydroxyl groups excluding tert-OH is 1. The van der Waals surface area contributed by atoms with Crippen LogP contribution in [0.25, 0.3) is 0 Å². The molecule has 0 aromatic heterocycles. The lowest BCUT2D eigenvalue weighted by Gasteiger charge is -2.20. The van der Waals surface area contributed by atoms with Gasteiger partial charge in [-0.2, -0.15) is 13.2 Å². The Bertz CT molecular complexity index is 708. The summed E-state index contributed by atoms with van der Waals surface area (Å²) in [7, 11) is 0. The lowest BCUT2D eigenvalue weighted by Crippen LogP contribution is -2.19. The van der Waals surface area contributed by atoms with Gasteiger partial charge in [-0.1, -0.05) is 41.4 Å². The highest BCUT2D eigenvalue weighted by Gasteiger charge is 2.27. The van der Waals surface area contributed by atoms with E-state index in [0.717, 1.165) is 0 Å². The summed E-state index contributed by atoms with van der Waals surface area (Å²) in [4.78, 5) is 0. The predicted molar refractivity (Wildman–Crippen MR) is 91.0 cm³/mol. The van der Waals surface area contributed by atoms with Crippen LogP contribution < -0.4 is 10.5 Å². The fourth-order valence-corrected chi connectivity index (χ4v) is 2.46. The second-order valence-corrected chi connectivity index (χ2v) is 6.24. The van der Waals surface area contributed by atoms with Gasteiger partial charge < -0.3 is 15.6 Å². The topological polar surface area (TPSA) is 55.5 Å². The van der Waals surface area contributed by atoms with Crippen LogP contribution in [0.4, 0.5) is 13.2 Å². The first-order valence-electron chi connectivity index (χ1n) is 7.35. The Balaban J connectivity index is 2.01. The van der Waals surface area contributed by atoms with Crippen molar-refractivity contribution >= 4 is 23.2 Å². The number of alkyl halides is 3. The van der Waals surface area contributed by atoms with Gasteiger partial charge in [0.1, 0.15) is 5.75 Å². The van der Waals surface area contributed by atoms with Crippen molar-refractivity contribution in [3.05, 3.63) is 63.6 Å². The molecule has 3 N–H and O–H groups in total. The SMILES string of the molecule is N[C@@H](c1ccc(Cl)c(Cl)c1)[C@H](O)c1ccc(OCCC(F)(F)F)cc1. The van der Waals surface area contributed by atoms with Gasteiger partial charge in [0.25, 0.3) is 0 Å². The predicted octanol–water partition coefficient (Wildman–Crippen LogP) is 5.06. The highest BCUT2D eigenvalue weighted by Crippen LogP contribution is 2.31. The van der Waals surface area contributed by atoms with Crippen LogP contribution in [0.5, 0.6) is 5.75 Å². The zero-order valence-corrected chi connectivity index (χ0v) is 14.4. The number of ether oxygens (including phenoxy) is 1. The van der Waals surface area contributed by atoms with Gasteiger partial charge in [-0.15, -0.1) is 0 Å². The summed E-state index contributed by atoms with van der Waals surface area (Å²) in [5.74, 6) is 0.281. The lowest BCUT2D eigenvalue weighted by molar-refractivity contribution is -0.139. The van der Waals surface area contributed by atoms with E-state index in [2.05, 4.69) is 0 Å². The largest absolute Gasteiger partial charge is 0.493 e. The fourth-order valence-electron chi connectivity index (χ4n) is 2.16. The first kappa shape index (κ1) is 19.8. The normalized spacial score (nSPS) is 14.2. The van der Waals surface area contributed by atoms with Gasteiger partial charge in [-0.05, 0) is 35.4 Å². The molecule has 2 aromatic carbocycles. The van der Waals surface area contributed by atoms with Crippen LogP contribution >= 0.6 is 23.2 Å². The smallest absolute Gasteiger partial charge is 0.392 e. The average molecular weight is 394 g/mol. The highest BCUT2D eigenvalue weighted by molar-refractivity contribution is 6.42. The summed E-state index contributed by atoms with van der Waals surface area (Å²) in [6.45, 7) is -0.464. The van der Waals surface area contributed by atoms with E-state index in [1.54, 1.807) is 30.3 Å². The van der Waals surface area contributed by atoms with Crippen molar-refractivity contribution in [1.29, 1.82) is 0 Å². The molecule has 2 rings (SSSR count). The number of halogens is 5. The molecule has 8 heteroatoms. The minimum absolute atomic E-state index is 0.281. The molecule has 0 aliphatic carbocycles. The van der Waals surface area contributed by atoms with Gasteiger partial charge in [-0.25, -0.2) is 0 Å². The Morgan fingerprint density at radius 2 is 1.60 bits per heavy atom. The molecule has 0 bridgehead atoms. The van der Waals surface area contributed by atoms with E-state index < -0.39 is 31.3 Å². The van der Waals surface area contributed by atoms with Crippen LogP contribution in [0.2, 0.25) is 10.0 Å². The van der Waals surface area contributed by atoms with Crippen LogP contribution in [-0.4, -0.2) is 17.9 Å². The van der Waals surface area contributed by atoms with E-state index in [9.17, 15) is 18.3 Å². The van der Waals surface area contributed by atoms with Crippen molar-refractivity contribution in [3.8, 4) is 5.75 Å². The molecule has 0 heterocycles. The van der Waals surface area contributed by atoms with E-state index in [1.165, 1.54) is 12.1 Å². The maximum atomic E-state index is 12.1. The van der Waals surface area contributed by atoms with Crippen LogP contribution in [0.1, 0.15) is 29.7 Å². The molecular weight excluding hydrogens is 378 g/mol. The van der Waals surface area contributed by atoms with Gasteiger partial charge in [0, 0.05) is 0 Å². The summed E-state index contributed by atoms with van der Waals surface area (Å²) in [5.41, 5.74) is 7.15. The third-order valence-electron chi connectivity index (χ3n) is 3.54. The number of benzene rings is 2. The summed E-state index contributed by atoms with van der Waals surface area (Å²) in [6.07, 6.45) is -6.32. The third-order valence-corrected chi connectivity index (χ3v) is 4.28. The number of rotatable bonds is 6. The molecule has 0 saturated heterocycles. The molecule has 0 radical (unpaired) electrons. The van der Waals surface area contributed by atoms with Crippen molar-refractivity contribution in [3.63, 3.8) is 0 Å². The molecule has 0 aliphatic rings. The second-order valence-electron chi connectivity index (χ2n) is 5.43. The molecule has 2 atom stereocenters. The highest BCUT2D eigenvalue weighted by atomic mass is 35.5. The Kier molecular flexibility index (Phi) is 6.57. The summed E-state index contributed by atoms with van der Waals surface area (Å²) in [5, 5.41) is 11.1. The van der Waals surface area contributed by atoms with E-state index in [1.807, 2.05) is 0 Å². The molecule has 0 spiro atoms. The molecular formula is C17H16Cl2F3NO2. The molecule has 2 aromatic rings. The van der Waals surface area contributed by atoms with Crippen molar-refractivity contribution in [2.24, 2.45) is 5.73 Å². The Hall–Kier alpha value is -1.47. The maximum Gasteiger partial charge on any atom is 0.392 e. The molecule has 0 saturated carbocycles. The lowest BCUT2D eigenvalue weighted by atomic mass is 9.96. The Labute approximate surface area is 153 Å². The van der Waals surface area contributed by atoms with E-state index in [4.69, 9.17) is 33.7 Å². The summed E-state index contributed by atoms with van der Waals surface area (Å²) in [6, 6.07) is 10.1. The second kappa shape index (κ2) is 8.27. The first-order valence-corrected chi connectivity index (χ1v) is 8.11. The molecule has 0 unspecified atom stereocenters. The number of nitrogens with two attached hydrogens (primary N) is 1. The molecule has 0 aliphatic heterocycles. The number of aliphatic hydroxyl groups is 1. The van der Waals surface area contributed by atoms with Crippen molar-refractivity contribution in [2.75, 3.05) is 6.61 Å². The molecule has 25 heavy (non-hydrogen) atoms. The Morgan fingerprint density at radius 3 is 2.16 bits per heavy atom. The van der Waals surface area contributed by atoms with E-state index in [-0.39, 0.29) is 5.75 Å². The molecule has 136 valence electrons. The molecule has 0 amide bonds. The maximum absolute atomic E-state index is 12.1. The summed E-state index contributed by atoms with van der Waals surface area (Å²) >= 11 is 11.8. The molecule has 0 fully saturated rings. The third kappa shape index (κ3) is 5.78. The summed E-state index contributed by atoms with van der Waals surface area (Å²) < 4.78 is 41.3. The van der Waals surface area contributed by atoms with Crippen LogP contribution in [-0.2, 0) is 0 Å². The van der Waals surface area contributed by atoms with Gasteiger partial charge >= 0.3 is 6.18 Å². The van der Waals surface area contributed by atoms with Crippen LogP contribution in [0, 0.1) is 0 Å². The van der Waals surface area contributed by atoms with Crippen LogP contribution in [0.15, 0.2) is 42.5 Å². The monoisotopic (exact) mass is 393 g/mol. The van der Waals surface area contributed by atoms with Gasteiger partial charge in [-0.3, -0.25) is 0 Å². The number of hydrogen-bond acceptors (Lipinski definition) is 3. The zero-order valence-electron chi connectivity index (χ0n) is 12.9. The van der Waals surface area contributed by atoms with E-state index >= 15 is 0 Å². The van der Waals surface area contributed by atoms with Crippen molar-refractivity contribution < 1.29 is 23.0 Å². The first-order chi connectivity index (χ1) is 11.7. The van der Waals surface area contributed by atoms with Crippen molar-refractivity contribution in [1.82, 2.24) is 0 Å². The van der Waals surface area contributed by atoms with Crippen LogP contribution in [0.3, 0.4) is 0 Å². The van der Waals surface area contributed by atoms with Gasteiger partial charge in [0.15, 0.2) is 0 Å². The zero-order chi connectivity index (χ0) is 18.6. The average Bonchev–Trinajstić information content (AvgIpc) is 2.55. The minimum Gasteiger partial charge on any atom is -0.493 e.